The van der Waals surface area contributed by atoms with Crippen LogP contribution in [0.3, 0.4) is 0 Å². The molecule has 2 rings (SSSR count). The second-order valence-corrected chi connectivity index (χ2v) is 5.78. The smallest absolute Gasteiger partial charge is 0.233 e. The first-order valence-corrected chi connectivity index (χ1v) is 6.51. The Balaban J connectivity index is 2.20. The van der Waals surface area contributed by atoms with Crippen molar-refractivity contribution in [3.8, 4) is 0 Å². The van der Waals surface area contributed by atoms with Gasteiger partial charge < -0.3 is 10.3 Å². The Labute approximate surface area is 114 Å². The number of benzene rings is 1. The summed E-state index contributed by atoms with van der Waals surface area (Å²) < 4.78 is 5.31. The van der Waals surface area contributed by atoms with Crippen LogP contribution in [-0.4, -0.2) is 16.7 Å². The second-order valence-electron chi connectivity index (χ2n) is 5.78. The summed E-state index contributed by atoms with van der Waals surface area (Å²) in [6, 6.07) is 6.46. The summed E-state index contributed by atoms with van der Waals surface area (Å²) in [5.41, 5.74) is 9.15. The summed E-state index contributed by atoms with van der Waals surface area (Å²) in [4.78, 5) is 4.45. The van der Waals surface area contributed by atoms with Crippen molar-refractivity contribution in [2.75, 3.05) is 6.54 Å². The number of aromatic nitrogens is 2. The Bertz CT molecular complexity index is 552. The molecule has 0 saturated heterocycles. The zero-order valence-corrected chi connectivity index (χ0v) is 12.0. The van der Waals surface area contributed by atoms with E-state index in [0.29, 0.717) is 24.7 Å². The molecule has 0 atom stereocenters. The van der Waals surface area contributed by atoms with Crippen molar-refractivity contribution in [3.63, 3.8) is 0 Å². The summed E-state index contributed by atoms with van der Waals surface area (Å²) >= 11 is 0. The van der Waals surface area contributed by atoms with Crippen LogP contribution in [0.15, 0.2) is 22.7 Å². The van der Waals surface area contributed by atoms with Gasteiger partial charge in [0.1, 0.15) is 0 Å². The Hall–Kier alpha value is -1.68. The van der Waals surface area contributed by atoms with E-state index < -0.39 is 0 Å². The molecule has 4 heteroatoms. The molecule has 0 aliphatic heterocycles. The molecule has 0 aliphatic rings. The van der Waals surface area contributed by atoms with E-state index >= 15 is 0 Å². The first-order chi connectivity index (χ1) is 8.90. The molecule has 0 fully saturated rings. The quantitative estimate of drug-likeness (QED) is 0.916. The van der Waals surface area contributed by atoms with Gasteiger partial charge in [-0.2, -0.15) is 4.98 Å². The van der Waals surface area contributed by atoms with Gasteiger partial charge in [-0.25, -0.2) is 0 Å². The van der Waals surface area contributed by atoms with Crippen LogP contribution in [0.5, 0.6) is 0 Å². The minimum absolute atomic E-state index is 0.270. The molecule has 4 nitrogen and oxygen atoms in total. The number of nitrogens with two attached hydrogens (primary N) is 1. The van der Waals surface area contributed by atoms with Crippen LogP contribution in [-0.2, 0) is 11.8 Å². The molecule has 0 bridgehead atoms. The lowest BCUT2D eigenvalue weighted by Gasteiger charge is -2.15. The van der Waals surface area contributed by atoms with Crippen LogP contribution >= 0.6 is 0 Å². The highest BCUT2D eigenvalue weighted by molar-refractivity contribution is 5.30. The normalized spacial score (nSPS) is 11.8. The van der Waals surface area contributed by atoms with Crippen LogP contribution in [0, 0.1) is 13.8 Å². The van der Waals surface area contributed by atoms with Crippen LogP contribution in [0.25, 0.3) is 0 Å². The molecule has 0 amide bonds. The van der Waals surface area contributed by atoms with Gasteiger partial charge in [-0.3, -0.25) is 0 Å². The minimum atomic E-state index is -0.270. The highest BCUT2D eigenvalue weighted by atomic mass is 16.5. The number of aryl methyl sites for hydroxylation is 2. The molecular weight excluding hydrogens is 238 g/mol. The minimum Gasteiger partial charge on any atom is -0.339 e. The molecule has 0 unspecified atom stereocenters. The third kappa shape index (κ3) is 3.20. The maximum atomic E-state index is 5.71. The fourth-order valence-corrected chi connectivity index (χ4v) is 2.04. The lowest BCUT2D eigenvalue weighted by molar-refractivity contribution is 0.309. The van der Waals surface area contributed by atoms with Crippen LogP contribution in [0.4, 0.5) is 0 Å². The summed E-state index contributed by atoms with van der Waals surface area (Å²) in [6.45, 7) is 8.67. The molecule has 0 spiro atoms. The summed E-state index contributed by atoms with van der Waals surface area (Å²) in [6.07, 6.45) is 0.687. The molecule has 0 aliphatic carbocycles. The number of nitrogens with zero attached hydrogens (tertiary/aromatic N) is 2. The Morgan fingerprint density at radius 2 is 1.79 bits per heavy atom. The van der Waals surface area contributed by atoms with E-state index in [9.17, 15) is 0 Å². The lowest BCUT2D eigenvalue weighted by atomic mass is 9.94. The average Bonchev–Trinajstić information content (AvgIpc) is 2.77. The average molecular weight is 259 g/mol. The zero-order valence-electron chi connectivity index (χ0n) is 12.0. The van der Waals surface area contributed by atoms with Crippen molar-refractivity contribution < 1.29 is 4.52 Å². The van der Waals surface area contributed by atoms with Crippen molar-refractivity contribution >= 4 is 0 Å². The topological polar surface area (TPSA) is 64.9 Å². The van der Waals surface area contributed by atoms with E-state index in [1.54, 1.807) is 0 Å². The van der Waals surface area contributed by atoms with Gasteiger partial charge >= 0.3 is 0 Å². The maximum absolute atomic E-state index is 5.71. The van der Waals surface area contributed by atoms with Gasteiger partial charge in [-0.05, 0) is 33.3 Å². The molecule has 102 valence electrons. The number of rotatable bonds is 4. The highest BCUT2D eigenvalue weighted by Gasteiger charge is 2.25. The van der Waals surface area contributed by atoms with Crippen molar-refractivity contribution in [1.29, 1.82) is 0 Å². The molecule has 0 radical (unpaired) electrons. The zero-order chi connectivity index (χ0) is 14.0. The molecule has 2 N–H and O–H groups in total. The summed E-state index contributed by atoms with van der Waals surface area (Å²) in [5.74, 6) is 1.32. The molecule has 0 saturated carbocycles. The van der Waals surface area contributed by atoms with E-state index in [1.807, 2.05) is 13.8 Å². The Kier molecular flexibility index (Phi) is 3.71. The SMILES string of the molecule is Cc1cc(C)cc(Cc2noc(C(C)(C)CN)n2)c1. The summed E-state index contributed by atoms with van der Waals surface area (Å²) in [5, 5.41) is 4.04. The van der Waals surface area contributed by atoms with E-state index in [-0.39, 0.29) is 5.41 Å². The van der Waals surface area contributed by atoms with E-state index in [1.165, 1.54) is 16.7 Å². The van der Waals surface area contributed by atoms with Gasteiger partial charge in [0.15, 0.2) is 5.82 Å². The van der Waals surface area contributed by atoms with Crippen molar-refractivity contribution in [2.45, 2.75) is 39.5 Å². The van der Waals surface area contributed by atoms with Gasteiger partial charge in [-0.15, -0.1) is 0 Å². The van der Waals surface area contributed by atoms with Gasteiger partial charge in [-0.1, -0.05) is 34.5 Å². The molecule has 19 heavy (non-hydrogen) atoms. The maximum Gasteiger partial charge on any atom is 0.233 e. The number of hydrogen-bond donors (Lipinski definition) is 1. The molecule has 1 aromatic heterocycles. The second kappa shape index (κ2) is 5.13. The van der Waals surface area contributed by atoms with Crippen molar-refractivity contribution in [2.24, 2.45) is 5.73 Å². The molecule has 2 aromatic rings. The molecular formula is C15H21N3O. The predicted molar refractivity (Wildman–Crippen MR) is 75.1 cm³/mol. The fourth-order valence-electron chi connectivity index (χ4n) is 2.04. The first kappa shape index (κ1) is 13.7. The largest absolute Gasteiger partial charge is 0.339 e. The molecule has 1 aromatic carbocycles. The van der Waals surface area contributed by atoms with Gasteiger partial charge in [0.05, 0.1) is 5.41 Å². The first-order valence-electron chi connectivity index (χ1n) is 6.51. The highest BCUT2D eigenvalue weighted by Crippen LogP contribution is 2.20. The monoisotopic (exact) mass is 259 g/mol. The Morgan fingerprint density at radius 1 is 1.16 bits per heavy atom. The van der Waals surface area contributed by atoms with E-state index in [0.717, 1.165) is 0 Å². The van der Waals surface area contributed by atoms with E-state index in [4.69, 9.17) is 10.3 Å². The van der Waals surface area contributed by atoms with E-state index in [2.05, 4.69) is 42.2 Å². The standard InChI is InChI=1S/C15H21N3O/c1-10-5-11(2)7-12(6-10)8-13-17-14(19-18-13)15(3,4)9-16/h5-7H,8-9,16H2,1-4H3. The van der Waals surface area contributed by atoms with Gasteiger partial charge in [0.2, 0.25) is 5.89 Å². The van der Waals surface area contributed by atoms with Crippen LogP contribution < -0.4 is 5.73 Å². The van der Waals surface area contributed by atoms with Crippen molar-refractivity contribution in [3.05, 3.63) is 46.6 Å². The van der Waals surface area contributed by atoms with Crippen molar-refractivity contribution in [1.82, 2.24) is 10.1 Å². The Morgan fingerprint density at radius 3 is 2.37 bits per heavy atom. The third-order valence-corrected chi connectivity index (χ3v) is 3.20. The third-order valence-electron chi connectivity index (χ3n) is 3.20. The fraction of sp³-hybridized carbons (Fsp3) is 0.467. The number of hydrogen-bond acceptors (Lipinski definition) is 4. The summed E-state index contributed by atoms with van der Waals surface area (Å²) in [7, 11) is 0. The van der Waals surface area contributed by atoms with Crippen LogP contribution in [0.2, 0.25) is 0 Å². The van der Waals surface area contributed by atoms with Crippen LogP contribution in [0.1, 0.15) is 42.3 Å². The lowest BCUT2D eigenvalue weighted by Crippen LogP contribution is -2.28. The predicted octanol–water partition coefficient (Wildman–Crippen LogP) is 2.51. The van der Waals surface area contributed by atoms with Gasteiger partial charge in [0.25, 0.3) is 0 Å². The molecule has 1 heterocycles. The van der Waals surface area contributed by atoms with Gasteiger partial charge in [0, 0.05) is 13.0 Å².